The number of halogens is 2. The Labute approximate surface area is 151 Å². The summed E-state index contributed by atoms with van der Waals surface area (Å²) < 4.78 is 13.5. The zero-order chi connectivity index (χ0) is 17.8. The summed E-state index contributed by atoms with van der Waals surface area (Å²) in [6.45, 7) is 2.65. The lowest BCUT2D eigenvalue weighted by Gasteiger charge is -2.33. The number of amides is 2. The molecule has 0 spiro atoms. The number of carbonyl (C=O) groups is 2. The molecule has 2 fully saturated rings. The Morgan fingerprint density at radius 2 is 2.12 bits per heavy atom. The number of rotatable bonds is 4. The van der Waals surface area contributed by atoms with Crippen LogP contribution in [0.5, 0.6) is 0 Å². The molecule has 2 aliphatic heterocycles. The molecule has 136 valence electrons. The zero-order valence-corrected chi connectivity index (χ0v) is 14.8. The summed E-state index contributed by atoms with van der Waals surface area (Å²) in [5.41, 5.74) is 0.268. The first-order chi connectivity index (χ1) is 12.0. The fourth-order valence-electron chi connectivity index (χ4n) is 3.55. The molecule has 2 N–H and O–H groups in total. The van der Waals surface area contributed by atoms with Crippen LogP contribution in [0.25, 0.3) is 0 Å². The Balaban J connectivity index is 1.55. The molecular weight excluding hydrogens is 345 g/mol. The largest absolute Gasteiger partial charge is 0.354 e. The van der Waals surface area contributed by atoms with E-state index in [0.29, 0.717) is 19.6 Å². The third kappa shape index (κ3) is 4.70. The predicted molar refractivity (Wildman–Crippen MR) is 94.1 cm³/mol. The molecule has 0 aromatic heterocycles. The topological polar surface area (TPSA) is 61.4 Å². The van der Waals surface area contributed by atoms with E-state index in [0.717, 1.165) is 32.2 Å². The van der Waals surface area contributed by atoms with E-state index in [-0.39, 0.29) is 34.4 Å². The molecule has 2 saturated heterocycles. The van der Waals surface area contributed by atoms with E-state index in [1.165, 1.54) is 18.2 Å². The standard InChI is InChI=1S/C18H23ClFN3O2/c19-14-7-13(8-15(20)9-14)18(25)23-6-2-3-12(11-23)10-22-17(24)16-4-1-5-21-16/h7-9,12,16,21H,1-6,10-11H2,(H,22,24). The van der Waals surface area contributed by atoms with Crippen molar-refractivity contribution in [2.75, 3.05) is 26.2 Å². The van der Waals surface area contributed by atoms with Crippen molar-refractivity contribution in [1.29, 1.82) is 0 Å². The van der Waals surface area contributed by atoms with E-state index in [1.807, 2.05) is 0 Å². The van der Waals surface area contributed by atoms with Crippen LogP contribution < -0.4 is 10.6 Å². The predicted octanol–water partition coefficient (Wildman–Crippen LogP) is 2.20. The molecule has 1 aromatic carbocycles. The number of piperidine rings is 1. The lowest BCUT2D eigenvalue weighted by Crippen LogP contribution is -2.46. The van der Waals surface area contributed by atoms with Crippen molar-refractivity contribution in [3.05, 3.63) is 34.6 Å². The van der Waals surface area contributed by atoms with Crippen molar-refractivity contribution in [2.24, 2.45) is 5.92 Å². The molecule has 2 heterocycles. The van der Waals surface area contributed by atoms with Gasteiger partial charge in [0.15, 0.2) is 0 Å². The van der Waals surface area contributed by atoms with Gasteiger partial charge in [0.05, 0.1) is 6.04 Å². The molecule has 2 amide bonds. The minimum Gasteiger partial charge on any atom is -0.354 e. The summed E-state index contributed by atoms with van der Waals surface area (Å²) in [6, 6.07) is 3.80. The van der Waals surface area contributed by atoms with Gasteiger partial charge >= 0.3 is 0 Å². The number of hydrogen-bond acceptors (Lipinski definition) is 3. The zero-order valence-electron chi connectivity index (χ0n) is 14.1. The minimum absolute atomic E-state index is 0.0397. The molecule has 0 radical (unpaired) electrons. The highest BCUT2D eigenvalue weighted by Crippen LogP contribution is 2.21. The first-order valence-electron chi connectivity index (χ1n) is 8.79. The highest BCUT2D eigenvalue weighted by molar-refractivity contribution is 6.31. The summed E-state index contributed by atoms with van der Waals surface area (Å²) in [5, 5.41) is 6.39. The van der Waals surface area contributed by atoms with E-state index < -0.39 is 5.82 Å². The van der Waals surface area contributed by atoms with Gasteiger partial charge < -0.3 is 15.5 Å². The van der Waals surface area contributed by atoms with Gasteiger partial charge in [0.25, 0.3) is 5.91 Å². The summed E-state index contributed by atoms with van der Waals surface area (Å²) in [5.74, 6) is -0.472. The summed E-state index contributed by atoms with van der Waals surface area (Å²) in [4.78, 5) is 26.4. The van der Waals surface area contributed by atoms with E-state index in [9.17, 15) is 14.0 Å². The van der Waals surface area contributed by atoms with Crippen LogP contribution in [0, 0.1) is 11.7 Å². The maximum atomic E-state index is 13.5. The molecule has 2 unspecified atom stereocenters. The molecule has 0 bridgehead atoms. The van der Waals surface area contributed by atoms with Crippen molar-refractivity contribution >= 4 is 23.4 Å². The van der Waals surface area contributed by atoms with Crippen molar-refractivity contribution in [2.45, 2.75) is 31.7 Å². The first-order valence-corrected chi connectivity index (χ1v) is 9.17. The van der Waals surface area contributed by atoms with Gasteiger partial charge in [-0.25, -0.2) is 4.39 Å². The van der Waals surface area contributed by atoms with E-state index in [4.69, 9.17) is 11.6 Å². The Morgan fingerprint density at radius 3 is 2.84 bits per heavy atom. The molecule has 0 saturated carbocycles. The number of nitrogens with one attached hydrogen (secondary N) is 2. The van der Waals surface area contributed by atoms with Gasteiger partial charge in [-0.05, 0) is 56.3 Å². The second-order valence-electron chi connectivity index (χ2n) is 6.81. The molecule has 2 atom stereocenters. The first kappa shape index (κ1) is 18.1. The molecule has 7 heteroatoms. The van der Waals surface area contributed by atoms with Crippen LogP contribution >= 0.6 is 11.6 Å². The van der Waals surface area contributed by atoms with E-state index >= 15 is 0 Å². The van der Waals surface area contributed by atoms with Crippen LogP contribution in [0.2, 0.25) is 5.02 Å². The minimum atomic E-state index is -0.513. The number of benzene rings is 1. The van der Waals surface area contributed by atoms with Gasteiger partial charge in [-0.3, -0.25) is 9.59 Å². The van der Waals surface area contributed by atoms with Crippen molar-refractivity contribution in [3.63, 3.8) is 0 Å². The molecule has 2 aliphatic rings. The number of likely N-dealkylation sites (tertiary alicyclic amines) is 1. The SMILES string of the molecule is O=C(NCC1CCCN(C(=O)c2cc(F)cc(Cl)c2)C1)C1CCCN1. The van der Waals surface area contributed by atoms with E-state index in [1.54, 1.807) is 4.90 Å². The average Bonchev–Trinajstić information content (AvgIpc) is 3.13. The van der Waals surface area contributed by atoms with Gasteiger partial charge in [0, 0.05) is 30.2 Å². The van der Waals surface area contributed by atoms with Crippen LogP contribution in [0.1, 0.15) is 36.0 Å². The molecular formula is C18H23ClFN3O2. The van der Waals surface area contributed by atoms with Gasteiger partial charge in [-0.15, -0.1) is 0 Å². The lowest BCUT2D eigenvalue weighted by atomic mass is 9.97. The Hall–Kier alpha value is -1.66. The van der Waals surface area contributed by atoms with Crippen molar-refractivity contribution < 1.29 is 14.0 Å². The Bertz CT molecular complexity index is 629. The van der Waals surface area contributed by atoms with Crippen molar-refractivity contribution in [1.82, 2.24) is 15.5 Å². The molecule has 1 aromatic rings. The second kappa shape index (κ2) is 8.15. The van der Waals surface area contributed by atoms with E-state index in [2.05, 4.69) is 10.6 Å². The quantitative estimate of drug-likeness (QED) is 0.857. The fourth-order valence-corrected chi connectivity index (χ4v) is 3.77. The number of hydrogen-bond donors (Lipinski definition) is 2. The third-order valence-electron chi connectivity index (χ3n) is 4.86. The number of carbonyl (C=O) groups excluding carboxylic acids is 2. The van der Waals surface area contributed by atoms with Crippen molar-refractivity contribution in [3.8, 4) is 0 Å². The molecule has 3 rings (SSSR count). The highest BCUT2D eigenvalue weighted by atomic mass is 35.5. The summed E-state index contributed by atoms with van der Waals surface area (Å²) in [6.07, 6.45) is 3.74. The normalized spacial score (nSPS) is 23.5. The van der Waals surface area contributed by atoms with Crippen LogP contribution in [0.4, 0.5) is 4.39 Å². The summed E-state index contributed by atoms with van der Waals surface area (Å²) in [7, 11) is 0. The lowest BCUT2D eigenvalue weighted by molar-refractivity contribution is -0.123. The smallest absolute Gasteiger partial charge is 0.254 e. The average molecular weight is 368 g/mol. The highest BCUT2D eigenvalue weighted by Gasteiger charge is 2.27. The number of nitrogens with zero attached hydrogens (tertiary/aromatic N) is 1. The summed E-state index contributed by atoms with van der Waals surface area (Å²) >= 11 is 5.84. The third-order valence-corrected chi connectivity index (χ3v) is 5.08. The van der Waals surface area contributed by atoms with Gasteiger partial charge in [0.2, 0.25) is 5.91 Å². The van der Waals surface area contributed by atoms with Crippen LogP contribution in [0.3, 0.4) is 0 Å². The van der Waals surface area contributed by atoms with Gasteiger partial charge in [-0.1, -0.05) is 11.6 Å². The molecule has 5 nitrogen and oxygen atoms in total. The Morgan fingerprint density at radius 1 is 1.28 bits per heavy atom. The molecule has 25 heavy (non-hydrogen) atoms. The maximum Gasteiger partial charge on any atom is 0.254 e. The van der Waals surface area contributed by atoms with Gasteiger partial charge in [-0.2, -0.15) is 0 Å². The van der Waals surface area contributed by atoms with Crippen LogP contribution in [-0.4, -0.2) is 48.9 Å². The molecule has 0 aliphatic carbocycles. The maximum absolute atomic E-state index is 13.5. The van der Waals surface area contributed by atoms with Crippen LogP contribution in [0.15, 0.2) is 18.2 Å². The van der Waals surface area contributed by atoms with Gasteiger partial charge in [0.1, 0.15) is 5.82 Å². The fraction of sp³-hybridized carbons (Fsp3) is 0.556. The monoisotopic (exact) mass is 367 g/mol. The van der Waals surface area contributed by atoms with Crippen LogP contribution in [-0.2, 0) is 4.79 Å². The Kier molecular flexibility index (Phi) is 5.91. The second-order valence-corrected chi connectivity index (χ2v) is 7.25.